The van der Waals surface area contributed by atoms with Crippen molar-refractivity contribution in [3.05, 3.63) is 12.3 Å². The summed E-state index contributed by atoms with van der Waals surface area (Å²) < 4.78 is 0. The van der Waals surface area contributed by atoms with E-state index in [1.54, 1.807) is 0 Å². The summed E-state index contributed by atoms with van der Waals surface area (Å²) in [5, 5.41) is 3.46. The summed E-state index contributed by atoms with van der Waals surface area (Å²) in [6.45, 7) is 12.7. The molecule has 0 unspecified atom stereocenters. The van der Waals surface area contributed by atoms with Gasteiger partial charge in [-0.3, -0.25) is 0 Å². The highest BCUT2D eigenvalue weighted by molar-refractivity contribution is 4.95. The molecule has 0 amide bonds. The molecule has 0 spiro atoms. The zero-order valence-corrected chi connectivity index (χ0v) is 9.04. The van der Waals surface area contributed by atoms with E-state index in [0.717, 1.165) is 5.70 Å². The van der Waals surface area contributed by atoms with Gasteiger partial charge >= 0.3 is 0 Å². The maximum Gasteiger partial charge on any atom is 0.0342 e. The van der Waals surface area contributed by atoms with Gasteiger partial charge in [0.2, 0.25) is 0 Å². The van der Waals surface area contributed by atoms with Crippen molar-refractivity contribution in [3.63, 3.8) is 0 Å². The second kappa shape index (κ2) is 5.23. The summed E-state index contributed by atoms with van der Waals surface area (Å²) in [5.41, 5.74) is 1.36. The third-order valence-corrected chi connectivity index (χ3v) is 2.12. The fraction of sp³-hybridized carbons (Fsp3) is 0.818. The first-order valence-corrected chi connectivity index (χ1v) is 4.97. The van der Waals surface area contributed by atoms with Gasteiger partial charge < -0.3 is 5.32 Å². The molecule has 0 rings (SSSR count). The van der Waals surface area contributed by atoms with Gasteiger partial charge in [0.15, 0.2) is 0 Å². The van der Waals surface area contributed by atoms with Crippen LogP contribution in [0.2, 0.25) is 0 Å². The fourth-order valence-corrected chi connectivity index (χ4v) is 1.87. The Bertz CT molecular complexity index is 132. The van der Waals surface area contributed by atoms with Crippen LogP contribution in [-0.4, -0.2) is 5.54 Å². The maximum atomic E-state index is 3.89. The van der Waals surface area contributed by atoms with Crippen LogP contribution in [0.3, 0.4) is 0 Å². The number of rotatable bonds is 6. The molecule has 0 radical (unpaired) electrons. The molecule has 0 saturated heterocycles. The summed E-state index contributed by atoms with van der Waals surface area (Å²) in [6.07, 6.45) is 4.93. The van der Waals surface area contributed by atoms with Crippen LogP contribution in [0.25, 0.3) is 0 Å². The molecule has 0 atom stereocenters. The van der Waals surface area contributed by atoms with Crippen LogP contribution >= 0.6 is 0 Å². The van der Waals surface area contributed by atoms with E-state index in [-0.39, 0.29) is 5.54 Å². The lowest BCUT2D eigenvalue weighted by Crippen LogP contribution is -2.40. The predicted molar refractivity (Wildman–Crippen MR) is 56.2 cm³/mol. The van der Waals surface area contributed by atoms with Crippen molar-refractivity contribution in [2.75, 3.05) is 0 Å². The van der Waals surface area contributed by atoms with Crippen LogP contribution in [0, 0.1) is 0 Å². The maximum absolute atomic E-state index is 3.89. The second-order valence-electron chi connectivity index (χ2n) is 3.97. The molecule has 12 heavy (non-hydrogen) atoms. The Morgan fingerprint density at radius 1 is 1.25 bits per heavy atom. The Hall–Kier alpha value is -0.460. The van der Waals surface area contributed by atoms with Crippen LogP contribution in [0.1, 0.15) is 53.4 Å². The molecule has 1 heteroatoms. The molecule has 1 N–H and O–H groups in total. The normalized spacial score (nSPS) is 11.3. The number of allylic oxidation sites excluding steroid dienone is 1. The van der Waals surface area contributed by atoms with E-state index in [1.165, 1.54) is 25.7 Å². The van der Waals surface area contributed by atoms with Gasteiger partial charge in [-0.25, -0.2) is 0 Å². The number of hydrogen-bond donors (Lipinski definition) is 1. The Morgan fingerprint density at radius 2 is 1.67 bits per heavy atom. The van der Waals surface area contributed by atoms with Crippen molar-refractivity contribution in [3.8, 4) is 0 Å². The van der Waals surface area contributed by atoms with Crippen LogP contribution in [-0.2, 0) is 0 Å². The van der Waals surface area contributed by atoms with Crippen molar-refractivity contribution in [1.29, 1.82) is 0 Å². The van der Waals surface area contributed by atoms with Crippen LogP contribution in [0.4, 0.5) is 0 Å². The topological polar surface area (TPSA) is 12.0 Å². The van der Waals surface area contributed by atoms with Crippen LogP contribution < -0.4 is 5.32 Å². The Labute approximate surface area is 77.2 Å². The zero-order chi connectivity index (χ0) is 9.61. The highest BCUT2D eigenvalue weighted by Gasteiger charge is 2.20. The van der Waals surface area contributed by atoms with Crippen LogP contribution in [0.5, 0.6) is 0 Å². The van der Waals surface area contributed by atoms with E-state index in [0.29, 0.717) is 0 Å². The SMILES string of the molecule is C=C(C)NC(C)(CCC)CCC. The lowest BCUT2D eigenvalue weighted by Gasteiger charge is -2.31. The molecular weight excluding hydrogens is 146 g/mol. The average molecular weight is 169 g/mol. The summed E-state index contributed by atoms with van der Waals surface area (Å²) >= 11 is 0. The molecule has 1 nitrogen and oxygen atoms in total. The predicted octanol–water partition coefficient (Wildman–Crippen LogP) is 3.47. The summed E-state index contributed by atoms with van der Waals surface area (Å²) in [7, 11) is 0. The summed E-state index contributed by atoms with van der Waals surface area (Å²) in [6, 6.07) is 0. The molecule has 0 fully saturated rings. The standard InChI is InChI=1S/C11H23N/c1-6-8-11(5,9-7-2)12-10(3)4/h12H,3,6-9H2,1-2,4-5H3. The molecule has 0 aromatic carbocycles. The van der Waals surface area contributed by atoms with E-state index in [1.807, 2.05) is 6.92 Å². The second-order valence-corrected chi connectivity index (χ2v) is 3.97. The summed E-state index contributed by atoms with van der Waals surface area (Å²) in [4.78, 5) is 0. The Morgan fingerprint density at radius 3 is 1.92 bits per heavy atom. The van der Waals surface area contributed by atoms with Gasteiger partial charge in [-0.2, -0.15) is 0 Å². The lowest BCUT2D eigenvalue weighted by molar-refractivity contribution is 0.330. The molecule has 0 saturated carbocycles. The minimum atomic E-state index is 0.273. The van der Waals surface area contributed by atoms with Gasteiger partial charge in [0.25, 0.3) is 0 Å². The smallest absolute Gasteiger partial charge is 0.0342 e. The van der Waals surface area contributed by atoms with Crippen molar-refractivity contribution < 1.29 is 0 Å². The quantitative estimate of drug-likeness (QED) is 0.642. The van der Waals surface area contributed by atoms with E-state index in [2.05, 4.69) is 32.7 Å². The number of nitrogens with one attached hydrogen (secondary N) is 1. The molecule has 0 bridgehead atoms. The van der Waals surface area contributed by atoms with Gasteiger partial charge in [-0.05, 0) is 26.7 Å². The zero-order valence-electron chi connectivity index (χ0n) is 9.04. The minimum Gasteiger partial charge on any atom is -0.384 e. The minimum absolute atomic E-state index is 0.273. The van der Waals surface area contributed by atoms with E-state index >= 15 is 0 Å². The van der Waals surface area contributed by atoms with Gasteiger partial charge in [0, 0.05) is 11.2 Å². The van der Waals surface area contributed by atoms with E-state index in [9.17, 15) is 0 Å². The van der Waals surface area contributed by atoms with Crippen molar-refractivity contribution >= 4 is 0 Å². The monoisotopic (exact) mass is 169 g/mol. The molecule has 72 valence electrons. The fourth-order valence-electron chi connectivity index (χ4n) is 1.87. The van der Waals surface area contributed by atoms with Crippen molar-refractivity contribution in [1.82, 2.24) is 5.32 Å². The lowest BCUT2D eigenvalue weighted by atomic mass is 9.90. The first-order valence-electron chi connectivity index (χ1n) is 4.97. The molecule has 0 heterocycles. The molecule has 0 aromatic heterocycles. The third-order valence-electron chi connectivity index (χ3n) is 2.12. The average Bonchev–Trinajstić information content (AvgIpc) is 1.85. The largest absolute Gasteiger partial charge is 0.384 e. The highest BCUT2D eigenvalue weighted by Crippen LogP contribution is 2.19. The molecule has 0 aliphatic heterocycles. The first kappa shape index (κ1) is 11.5. The molecular formula is C11H23N. The Kier molecular flexibility index (Phi) is 5.03. The highest BCUT2D eigenvalue weighted by atomic mass is 15.0. The van der Waals surface area contributed by atoms with Crippen molar-refractivity contribution in [2.45, 2.75) is 58.9 Å². The molecule has 0 aromatic rings. The molecule has 0 aliphatic carbocycles. The van der Waals surface area contributed by atoms with E-state index in [4.69, 9.17) is 0 Å². The summed E-state index contributed by atoms with van der Waals surface area (Å²) in [5.74, 6) is 0. The number of hydrogen-bond acceptors (Lipinski definition) is 1. The van der Waals surface area contributed by atoms with Gasteiger partial charge in [-0.15, -0.1) is 0 Å². The van der Waals surface area contributed by atoms with E-state index < -0.39 is 0 Å². The Balaban J connectivity index is 4.07. The van der Waals surface area contributed by atoms with Gasteiger partial charge in [0.05, 0.1) is 0 Å². The van der Waals surface area contributed by atoms with Crippen LogP contribution in [0.15, 0.2) is 12.3 Å². The third kappa shape index (κ3) is 4.42. The van der Waals surface area contributed by atoms with Gasteiger partial charge in [-0.1, -0.05) is 33.3 Å². The van der Waals surface area contributed by atoms with Gasteiger partial charge in [0.1, 0.15) is 0 Å². The van der Waals surface area contributed by atoms with Crippen molar-refractivity contribution in [2.24, 2.45) is 0 Å². The molecule has 0 aliphatic rings. The first-order chi connectivity index (χ1) is 5.54.